The molecule has 1 spiro atoms. The van der Waals surface area contributed by atoms with Gasteiger partial charge >= 0.3 is 0 Å². The number of ether oxygens (including phenoxy) is 1. The Morgan fingerprint density at radius 2 is 2.15 bits per heavy atom. The first kappa shape index (κ1) is 12.3. The molecule has 2 saturated heterocycles. The summed E-state index contributed by atoms with van der Waals surface area (Å²) >= 11 is 1.55. The Hall–Kier alpha value is -1.50. The standard InChI is InChI=1S/C14H15N3O2S/c15-12(18)11(17-5-14(6-17)7-19-8-14)13-16-9-3-1-2-4-10(9)20-13/h1-4,11H,5-8H2,(H2,15,18). The van der Waals surface area contributed by atoms with Crippen LogP contribution in [0.15, 0.2) is 24.3 Å². The van der Waals surface area contributed by atoms with Crippen LogP contribution in [0.25, 0.3) is 10.2 Å². The van der Waals surface area contributed by atoms with Gasteiger partial charge in [0.2, 0.25) is 5.91 Å². The molecular formula is C14H15N3O2S. The van der Waals surface area contributed by atoms with Crippen molar-refractivity contribution in [1.29, 1.82) is 0 Å². The number of carbonyl (C=O) groups excluding carboxylic acids is 1. The monoisotopic (exact) mass is 289 g/mol. The van der Waals surface area contributed by atoms with Gasteiger partial charge in [0.1, 0.15) is 11.0 Å². The Labute approximate surface area is 120 Å². The molecule has 0 saturated carbocycles. The van der Waals surface area contributed by atoms with E-state index in [0.29, 0.717) is 0 Å². The highest BCUT2D eigenvalue weighted by Gasteiger charge is 2.52. The fourth-order valence-electron chi connectivity index (χ4n) is 3.04. The number of fused-ring (bicyclic) bond motifs is 1. The molecule has 1 atom stereocenters. The highest BCUT2D eigenvalue weighted by molar-refractivity contribution is 7.18. The summed E-state index contributed by atoms with van der Waals surface area (Å²) in [6, 6.07) is 7.51. The number of primary amides is 1. The molecule has 0 bridgehead atoms. The summed E-state index contributed by atoms with van der Waals surface area (Å²) in [6.07, 6.45) is 0. The van der Waals surface area contributed by atoms with Crippen LogP contribution in [0.2, 0.25) is 0 Å². The second kappa shape index (κ2) is 4.25. The fourth-order valence-corrected chi connectivity index (χ4v) is 4.15. The van der Waals surface area contributed by atoms with Crippen molar-refractivity contribution in [3.63, 3.8) is 0 Å². The van der Waals surface area contributed by atoms with Crippen molar-refractivity contribution in [2.24, 2.45) is 11.1 Å². The minimum Gasteiger partial charge on any atom is -0.380 e. The fraction of sp³-hybridized carbons (Fsp3) is 0.429. The van der Waals surface area contributed by atoms with Crippen molar-refractivity contribution in [2.75, 3.05) is 26.3 Å². The summed E-state index contributed by atoms with van der Waals surface area (Å²) in [4.78, 5) is 18.5. The zero-order valence-corrected chi connectivity index (χ0v) is 11.7. The second-order valence-corrected chi connectivity index (χ2v) is 6.78. The van der Waals surface area contributed by atoms with Gasteiger partial charge in [0.15, 0.2) is 0 Å². The SMILES string of the molecule is NC(=O)C(c1nc2ccccc2s1)N1CC2(COC2)C1. The minimum absolute atomic E-state index is 0.268. The van der Waals surface area contributed by atoms with E-state index in [1.165, 1.54) is 0 Å². The molecule has 2 aliphatic rings. The molecule has 1 aromatic heterocycles. The number of hydrogen-bond donors (Lipinski definition) is 1. The summed E-state index contributed by atoms with van der Waals surface area (Å²) in [5, 5.41) is 0.800. The van der Waals surface area contributed by atoms with E-state index in [9.17, 15) is 4.79 Å². The van der Waals surface area contributed by atoms with Crippen molar-refractivity contribution in [1.82, 2.24) is 9.88 Å². The normalized spacial score (nSPS) is 22.4. The van der Waals surface area contributed by atoms with Crippen LogP contribution in [-0.2, 0) is 9.53 Å². The van der Waals surface area contributed by atoms with E-state index < -0.39 is 6.04 Å². The topological polar surface area (TPSA) is 68.5 Å². The molecule has 2 fully saturated rings. The van der Waals surface area contributed by atoms with Gasteiger partial charge in [0.05, 0.1) is 23.4 Å². The van der Waals surface area contributed by atoms with E-state index in [4.69, 9.17) is 10.5 Å². The summed E-state index contributed by atoms with van der Waals surface area (Å²) in [7, 11) is 0. The summed E-state index contributed by atoms with van der Waals surface area (Å²) in [6.45, 7) is 3.34. The number of rotatable bonds is 3. The summed E-state index contributed by atoms with van der Waals surface area (Å²) in [5.74, 6) is -0.320. The number of likely N-dealkylation sites (tertiary alicyclic amines) is 1. The van der Waals surface area contributed by atoms with E-state index in [1.807, 2.05) is 24.3 Å². The van der Waals surface area contributed by atoms with Crippen molar-refractivity contribution in [3.05, 3.63) is 29.3 Å². The van der Waals surface area contributed by atoms with Gasteiger partial charge in [-0.1, -0.05) is 12.1 Å². The van der Waals surface area contributed by atoms with Crippen molar-refractivity contribution >= 4 is 27.5 Å². The highest BCUT2D eigenvalue weighted by Crippen LogP contribution is 2.43. The van der Waals surface area contributed by atoms with Crippen LogP contribution in [0.3, 0.4) is 0 Å². The van der Waals surface area contributed by atoms with Crippen molar-refractivity contribution in [3.8, 4) is 0 Å². The zero-order valence-electron chi connectivity index (χ0n) is 10.9. The van der Waals surface area contributed by atoms with E-state index in [2.05, 4.69) is 9.88 Å². The average Bonchev–Trinajstić information content (AvgIpc) is 2.72. The third kappa shape index (κ3) is 1.76. The number of hydrogen-bond acceptors (Lipinski definition) is 5. The van der Waals surface area contributed by atoms with Gasteiger partial charge < -0.3 is 10.5 Å². The molecule has 1 aromatic carbocycles. The molecular weight excluding hydrogens is 274 g/mol. The van der Waals surface area contributed by atoms with Gasteiger partial charge in [-0.2, -0.15) is 0 Å². The second-order valence-electron chi connectivity index (χ2n) is 5.72. The van der Waals surface area contributed by atoms with Crippen LogP contribution in [0.5, 0.6) is 0 Å². The maximum Gasteiger partial charge on any atom is 0.241 e. The number of carbonyl (C=O) groups is 1. The largest absolute Gasteiger partial charge is 0.380 e. The zero-order chi connectivity index (χ0) is 13.7. The number of amides is 1. The Balaban J connectivity index is 1.63. The molecule has 20 heavy (non-hydrogen) atoms. The predicted octanol–water partition coefficient (Wildman–Crippen LogP) is 1.15. The highest BCUT2D eigenvalue weighted by atomic mass is 32.1. The van der Waals surface area contributed by atoms with Gasteiger partial charge in [-0.3, -0.25) is 9.69 Å². The quantitative estimate of drug-likeness (QED) is 0.920. The van der Waals surface area contributed by atoms with Crippen LogP contribution in [0.4, 0.5) is 0 Å². The van der Waals surface area contributed by atoms with E-state index in [0.717, 1.165) is 41.5 Å². The molecule has 3 heterocycles. The van der Waals surface area contributed by atoms with Gasteiger partial charge in [-0.15, -0.1) is 11.3 Å². The number of nitrogens with zero attached hydrogens (tertiary/aromatic N) is 2. The van der Waals surface area contributed by atoms with E-state index >= 15 is 0 Å². The van der Waals surface area contributed by atoms with Crippen molar-refractivity contribution < 1.29 is 9.53 Å². The van der Waals surface area contributed by atoms with Gasteiger partial charge in [-0.05, 0) is 12.1 Å². The van der Waals surface area contributed by atoms with Crippen LogP contribution in [0.1, 0.15) is 11.0 Å². The third-order valence-corrected chi connectivity index (χ3v) is 5.16. The maximum atomic E-state index is 11.8. The predicted molar refractivity (Wildman–Crippen MR) is 76.4 cm³/mol. The van der Waals surface area contributed by atoms with E-state index in [-0.39, 0.29) is 11.3 Å². The Kier molecular flexibility index (Phi) is 2.60. The first-order valence-electron chi connectivity index (χ1n) is 6.64. The molecule has 0 radical (unpaired) electrons. The Bertz CT molecular complexity index is 639. The van der Waals surface area contributed by atoms with Crippen LogP contribution in [-0.4, -0.2) is 42.1 Å². The van der Waals surface area contributed by atoms with Crippen LogP contribution >= 0.6 is 11.3 Å². The third-order valence-electron chi connectivity index (χ3n) is 4.07. The molecule has 2 aromatic rings. The summed E-state index contributed by atoms with van der Waals surface area (Å²) in [5.41, 5.74) is 6.80. The van der Waals surface area contributed by atoms with Gasteiger partial charge in [-0.25, -0.2) is 4.98 Å². The molecule has 4 rings (SSSR count). The lowest BCUT2D eigenvalue weighted by molar-refractivity contribution is -0.199. The van der Waals surface area contributed by atoms with Crippen LogP contribution < -0.4 is 5.73 Å². The lowest BCUT2D eigenvalue weighted by atomic mass is 9.77. The number of thiazole rings is 1. The van der Waals surface area contributed by atoms with Crippen LogP contribution in [0, 0.1) is 5.41 Å². The Morgan fingerprint density at radius 3 is 2.75 bits per heavy atom. The maximum absolute atomic E-state index is 11.8. The smallest absolute Gasteiger partial charge is 0.241 e. The number of nitrogens with two attached hydrogens (primary N) is 1. The lowest BCUT2D eigenvalue weighted by Crippen LogP contribution is -2.67. The minimum atomic E-state index is -0.404. The molecule has 0 aliphatic carbocycles. The van der Waals surface area contributed by atoms with Gasteiger partial charge in [0, 0.05) is 18.5 Å². The molecule has 2 aliphatic heterocycles. The molecule has 1 unspecified atom stereocenters. The number of benzene rings is 1. The molecule has 104 valence electrons. The number of para-hydroxylation sites is 1. The average molecular weight is 289 g/mol. The van der Waals surface area contributed by atoms with E-state index in [1.54, 1.807) is 11.3 Å². The van der Waals surface area contributed by atoms with Crippen molar-refractivity contribution in [2.45, 2.75) is 6.04 Å². The first-order chi connectivity index (χ1) is 9.67. The molecule has 6 heteroatoms. The molecule has 1 amide bonds. The Morgan fingerprint density at radius 1 is 1.40 bits per heavy atom. The molecule has 2 N–H and O–H groups in total. The molecule has 5 nitrogen and oxygen atoms in total. The first-order valence-corrected chi connectivity index (χ1v) is 7.45. The van der Waals surface area contributed by atoms with Gasteiger partial charge in [0.25, 0.3) is 0 Å². The number of aromatic nitrogens is 1. The summed E-state index contributed by atoms with van der Waals surface area (Å²) < 4.78 is 6.36. The lowest BCUT2D eigenvalue weighted by Gasteiger charge is -2.56.